The van der Waals surface area contributed by atoms with Gasteiger partial charge in [-0.3, -0.25) is 4.90 Å². The summed E-state index contributed by atoms with van der Waals surface area (Å²) in [7, 11) is 0. The Labute approximate surface area is 131 Å². The van der Waals surface area contributed by atoms with Gasteiger partial charge < -0.3 is 5.32 Å². The Kier molecular flexibility index (Phi) is 7.92. The minimum atomic E-state index is 0.456. The van der Waals surface area contributed by atoms with Gasteiger partial charge >= 0.3 is 0 Å². The highest BCUT2D eigenvalue weighted by molar-refractivity contribution is 8.00. The van der Waals surface area contributed by atoms with Crippen molar-refractivity contribution in [3.63, 3.8) is 0 Å². The Bertz CT molecular complexity index is 257. The van der Waals surface area contributed by atoms with Crippen LogP contribution < -0.4 is 5.32 Å². The highest BCUT2D eigenvalue weighted by Gasteiger charge is 2.36. The topological polar surface area (TPSA) is 15.3 Å². The summed E-state index contributed by atoms with van der Waals surface area (Å²) < 4.78 is 0.456. The van der Waals surface area contributed by atoms with Crippen LogP contribution in [0.4, 0.5) is 0 Å². The van der Waals surface area contributed by atoms with E-state index in [0.29, 0.717) is 16.8 Å². The molecule has 1 rings (SSSR count). The molecule has 1 heterocycles. The lowest BCUT2D eigenvalue weighted by Crippen LogP contribution is -2.56. The minimum Gasteiger partial charge on any atom is -0.314 e. The summed E-state index contributed by atoms with van der Waals surface area (Å²) in [5, 5.41) is 3.74. The van der Waals surface area contributed by atoms with Gasteiger partial charge in [-0.25, -0.2) is 0 Å². The SMILES string of the molecule is CCCNC1CCN(CC(CC)(CC)SC)C(C)C1C. The molecule has 0 spiro atoms. The van der Waals surface area contributed by atoms with E-state index in [1.807, 2.05) is 0 Å². The Morgan fingerprint density at radius 3 is 2.35 bits per heavy atom. The van der Waals surface area contributed by atoms with Crippen LogP contribution in [0.3, 0.4) is 0 Å². The lowest BCUT2D eigenvalue weighted by atomic mass is 9.85. The summed E-state index contributed by atoms with van der Waals surface area (Å²) in [6, 6.07) is 1.41. The van der Waals surface area contributed by atoms with Crippen LogP contribution in [0.2, 0.25) is 0 Å². The summed E-state index contributed by atoms with van der Waals surface area (Å²) in [6.07, 6.45) is 7.39. The molecule has 3 unspecified atom stereocenters. The zero-order valence-corrected chi connectivity index (χ0v) is 15.4. The lowest BCUT2D eigenvalue weighted by molar-refractivity contribution is 0.0745. The lowest BCUT2D eigenvalue weighted by Gasteiger charge is -2.46. The van der Waals surface area contributed by atoms with Gasteiger partial charge in [0.25, 0.3) is 0 Å². The first kappa shape index (κ1) is 18.3. The number of hydrogen-bond acceptors (Lipinski definition) is 3. The van der Waals surface area contributed by atoms with Gasteiger partial charge in [0.1, 0.15) is 0 Å². The quantitative estimate of drug-likeness (QED) is 0.729. The van der Waals surface area contributed by atoms with E-state index < -0.39 is 0 Å². The number of nitrogens with one attached hydrogen (secondary N) is 1. The molecule has 0 aromatic carbocycles. The van der Waals surface area contributed by atoms with E-state index in [1.165, 1.54) is 45.3 Å². The van der Waals surface area contributed by atoms with Crippen LogP contribution >= 0.6 is 11.8 Å². The van der Waals surface area contributed by atoms with Crippen LogP contribution in [-0.2, 0) is 0 Å². The molecule has 1 N–H and O–H groups in total. The van der Waals surface area contributed by atoms with Gasteiger partial charge in [0.05, 0.1) is 0 Å². The molecule has 2 nitrogen and oxygen atoms in total. The largest absolute Gasteiger partial charge is 0.314 e. The second-order valence-corrected chi connectivity index (χ2v) is 7.79. The third kappa shape index (κ3) is 4.38. The van der Waals surface area contributed by atoms with Crippen molar-refractivity contribution in [1.82, 2.24) is 10.2 Å². The number of likely N-dealkylation sites (tertiary alicyclic amines) is 1. The molecule has 1 aliphatic rings. The van der Waals surface area contributed by atoms with Gasteiger partial charge in [0, 0.05) is 23.4 Å². The van der Waals surface area contributed by atoms with Crippen molar-refractivity contribution in [3.05, 3.63) is 0 Å². The minimum absolute atomic E-state index is 0.456. The van der Waals surface area contributed by atoms with Crippen molar-refractivity contribution >= 4 is 11.8 Å². The molecule has 1 aliphatic heterocycles. The Hall–Kier alpha value is 0.270. The van der Waals surface area contributed by atoms with Crippen LogP contribution in [0.25, 0.3) is 0 Å². The second-order valence-electron chi connectivity index (χ2n) is 6.51. The summed E-state index contributed by atoms with van der Waals surface area (Å²) in [4.78, 5) is 2.75. The average molecular weight is 301 g/mol. The molecule has 0 radical (unpaired) electrons. The molecule has 1 fully saturated rings. The molecule has 0 bridgehead atoms. The zero-order chi connectivity index (χ0) is 15.2. The Morgan fingerprint density at radius 2 is 1.85 bits per heavy atom. The van der Waals surface area contributed by atoms with Gasteiger partial charge in [-0.1, -0.05) is 27.7 Å². The molecule has 0 amide bonds. The monoisotopic (exact) mass is 300 g/mol. The summed E-state index contributed by atoms with van der Waals surface area (Å²) in [5.41, 5.74) is 0. The van der Waals surface area contributed by atoms with Gasteiger partial charge in [0.15, 0.2) is 0 Å². The van der Waals surface area contributed by atoms with Crippen molar-refractivity contribution in [3.8, 4) is 0 Å². The van der Waals surface area contributed by atoms with E-state index in [9.17, 15) is 0 Å². The molecule has 3 atom stereocenters. The van der Waals surface area contributed by atoms with Crippen molar-refractivity contribution in [2.45, 2.75) is 77.1 Å². The number of piperidine rings is 1. The molecule has 3 heteroatoms. The summed E-state index contributed by atoms with van der Waals surface area (Å²) in [5.74, 6) is 0.753. The van der Waals surface area contributed by atoms with Crippen molar-refractivity contribution in [2.24, 2.45) is 5.92 Å². The fourth-order valence-corrected chi connectivity index (χ4v) is 4.35. The van der Waals surface area contributed by atoms with E-state index in [0.717, 1.165) is 5.92 Å². The van der Waals surface area contributed by atoms with Crippen LogP contribution in [0.15, 0.2) is 0 Å². The van der Waals surface area contributed by atoms with E-state index >= 15 is 0 Å². The molecule has 0 aromatic rings. The number of rotatable bonds is 8. The first-order valence-electron chi connectivity index (χ1n) is 8.56. The Morgan fingerprint density at radius 1 is 1.20 bits per heavy atom. The highest BCUT2D eigenvalue weighted by Crippen LogP contribution is 2.34. The van der Waals surface area contributed by atoms with Crippen LogP contribution in [-0.4, -0.2) is 47.6 Å². The van der Waals surface area contributed by atoms with Gasteiger partial charge in [0.2, 0.25) is 0 Å². The maximum absolute atomic E-state index is 3.74. The highest BCUT2D eigenvalue weighted by atomic mass is 32.2. The average Bonchev–Trinajstić information content (AvgIpc) is 2.48. The predicted octanol–water partition coefficient (Wildman–Crippen LogP) is 4.01. The maximum atomic E-state index is 3.74. The number of hydrogen-bond donors (Lipinski definition) is 1. The predicted molar refractivity (Wildman–Crippen MR) is 93.7 cm³/mol. The van der Waals surface area contributed by atoms with Gasteiger partial charge in [-0.2, -0.15) is 11.8 Å². The molecule has 0 aliphatic carbocycles. The fraction of sp³-hybridized carbons (Fsp3) is 1.00. The smallest absolute Gasteiger partial charge is 0.0279 e. The van der Waals surface area contributed by atoms with E-state index in [2.05, 4.69) is 62.9 Å². The van der Waals surface area contributed by atoms with Crippen LogP contribution in [0, 0.1) is 5.92 Å². The number of thioether (sulfide) groups is 1. The first-order chi connectivity index (χ1) is 9.53. The van der Waals surface area contributed by atoms with Crippen LogP contribution in [0.5, 0.6) is 0 Å². The van der Waals surface area contributed by atoms with Gasteiger partial charge in [-0.05, 0) is 57.9 Å². The van der Waals surface area contributed by atoms with Crippen molar-refractivity contribution < 1.29 is 0 Å². The molecular weight excluding hydrogens is 264 g/mol. The maximum Gasteiger partial charge on any atom is 0.0279 e. The van der Waals surface area contributed by atoms with Crippen LogP contribution in [0.1, 0.15) is 60.3 Å². The molecular formula is C17H36N2S. The molecule has 0 aromatic heterocycles. The normalized spacial score (nSPS) is 28.8. The first-order valence-corrected chi connectivity index (χ1v) is 9.78. The van der Waals surface area contributed by atoms with Gasteiger partial charge in [-0.15, -0.1) is 0 Å². The summed E-state index contributed by atoms with van der Waals surface area (Å²) in [6.45, 7) is 15.5. The third-order valence-corrected chi connectivity index (χ3v) is 7.14. The summed E-state index contributed by atoms with van der Waals surface area (Å²) >= 11 is 2.07. The molecule has 0 saturated carbocycles. The standard InChI is InChI=1S/C17H36N2S/c1-7-11-18-16-10-12-19(15(5)14(16)4)13-17(8-2,9-3)20-6/h14-16,18H,7-13H2,1-6H3. The molecule has 120 valence electrons. The van der Waals surface area contributed by atoms with E-state index in [4.69, 9.17) is 0 Å². The second kappa shape index (κ2) is 8.65. The van der Waals surface area contributed by atoms with E-state index in [-0.39, 0.29) is 0 Å². The van der Waals surface area contributed by atoms with Crippen molar-refractivity contribution in [1.29, 1.82) is 0 Å². The zero-order valence-electron chi connectivity index (χ0n) is 14.5. The van der Waals surface area contributed by atoms with Crippen molar-refractivity contribution in [2.75, 3.05) is 25.9 Å². The molecule has 20 heavy (non-hydrogen) atoms. The fourth-order valence-electron chi connectivity index (χ4n) is 3.48. The Balaban J connectivity index is 2.62. The van der Waals surface area contributed by atoms with E-state index in [1.54, 1.807) is 0 Å². The molecule has 1 saturated heterocycles. The third-order valence-electron chi connectivity index (χ3n) is 5.57. The number of nitrogens with zero attached hydrogens (tertiary/aromatic N) is 1.